The van der Waals surface area contributed by atoms with Gasteiger partial charge in [0.2, 0.25) is 0 Å². The topological polar surface area (TPSA) is 54.5 Å². The van der Waals surface area contributed by atoms with E-state index < -0.39 is 0 Å². The molecule has 1 N–H and O–H groups in total. The summed E-state index contributed by atoms with van der Waals surface area (Å²) in [5, 5.41) is 3.28. The van der Waals surface area contributed by atoms with Gasteiger partial charge in [0.25, 0.3) is 5.91 Å². The van der Waals surface area contributed by atoms with E-state index in [0.29, 0.717) is 42.7 Å². The summed E-state index contributed by atoms with van der Waals surface area (Å²) < 4.78 is 5.33. The lowest BCUT2D eigenvalue weighted by Gasteiger charge is -2.20. The summed E-state index contributed by atoms with van der Waals surface area (Å²) in [5.41, 5.74) is 0.484. The van der Waals surface area contributed by atoms with E-state index in [9.17, 15) is 4.79 Å². The Morgan fingerprint density at radius 3 is 3.11 bits per heavy atom. The number of pyridine rings is 1. The van der Waals surface area contributed by atoms with Crippen LogP contribution in [-0.2, 0) is 4.74 Å². The molecule has 1 saturated heterocycles. The van der Waals surface area contributed by atoms with Crippen LogP contribution in [0.25, 0.3) is 0 Å². The van der Waals surface area contributed by atoms with Gasteiger partial charge in [0.1, 0.15) is 5.82 Å². The van der Waals surface area contributed by atoms with Gasteiger partial charge in [-0.2, -0.15) is 0 Å². The summed E-state index contributed by atoms with van der Waals surface area (Å²) in [6, 6.07) is 1.68. The molecule has 6 heteroatoms. The Morgan fingerprint density at radius 2 is 2.33 bits per heavy atom. The molecule has 1 aliphatic heterocycles. The van der Waals surface area contributed by atoms with Crippen LogP contribution in [0.4, 0.5) is 5.82 Å². The molecule has 1 fully saturated rings. The van der Waals surface area contributed by atoms with Crippen molar-refractivity contribution in [3.05, 3.63) is 22.8 Å². The van der Waals surface area contributed by atoms with Crippen molar-refractivity contribution >= 4 is 23.3 Å². The predicted octanol–water partition coefficient (Wildman–Crippen LogP) is 1.64. The Balaban J connectivity index is 2.21. The number of carbonyl (C=O) groups excluding carboxylic acids is 1. The zero-order valence-electron chi connectivity index (χ0n) is 10.3. The van der Waals surface area contributed by atoms with E-state index in [2.05, 4.69) is 10.3 Å². The van der Waals surface area contributed by atoms with Gasteiger partial charge < -0.3 is 15.0 Å². The minimum Gasteiger partial charge on any atom is -0.380 e. The van der Waals surface area contributed by atoms with Gasteiger partial charge in [-0.15, -0.1) is 0 Å². The zero-order chi connectivity index (χ0) is 13.0. The maximum atomic E-state index is 12.4. The highest BCUT2D eigenvalue weighted by atomic mass is 35.5. The highest BCUT2D eigenvalue weighted by molar-refractivity contribution is 6.33. The van der Waals surface area contributed by atoms with Crippen molar-refractivity contribution in [3.8, 4) is 0 Å². The van der Waals surface area contributed by atoms with Gasteiger partial charge in [-0.3, -0.25) is 4.79 Å². The molecule has 0 spiro atoms. The first-order valence-corrected chi connectivity index (χ1v) is 6.30. The molecule has 2 heterocycles. The molecule has 1 aliphatic rings. The normalized spacial score (nSPS) is 16.2. The van der Waals surface area contributed by atoms with Crippen molar-refractivity contribution in [2.75, 3.05) is 38.7 Å². The van der Waals surface area contributed by atoms with Gasteiger partial charge in [-0.05, 0) is 12.5 Å². The molecular weight excluding hydrogens is 254 g/mol. The fraction of sp³-hybridized carbons (Fsp3) is 0.500. The van der Waals surface area contributed by atoms with Crippen LogP contribution in [0.1, 0.15) is 16.8 Å². The maximum absolute atomic E-state index is 12.4. The van der Waals surface area contributed by atoms with Crippen LogP contribution in [0.3, 0.4) is 0 Å². The second kappa shape index (κ2) is 6.02. The molecule has 5 nitrogen and oxygen atoms in total. The van der Waals surface area contributed by atoms with E-state index in [1.165, 1.54) is 6.20 Å². The van der Waals surface area contributed by atoms with E-state index in [0.717, 1.165) is 6.42 Å². The first kappa shape index (κ1) is 13.1. The summed E-state index contributed by atoms with van der Waals surface area (Å²) in [6.45, 7) is 2.59. The Labute approximate surface area is 111 Å². The quantitative estimate of drug-likeness (QED) is 0.887. The van der Waals surface area contributed by atoms with Crippen LogP contribution in [-0.4, -0.2) is 49.1 Å². The third-order valence-corrected chi connectivity index (χ3v) is 3.15. The van der Waals surface area contributed by atoms with Crippen molar-refractivity contribution in [1.82, 2.24) is 9.88 Å². The fourth-order valence-electron chi connectivity index (χ4n) is 1.86. The monoisotopic (exact) mass is 269 g/mol. The lowest BCUT2D eigenvalue weighted by molar-refractivity contribution is 0.0741. The van der Waals surface area contributed by atoms with Crippen LogP contribution in [0, 0.1) is 0 Å². The third-order valence-electron chi connectivity index (χ3n) is 2.85. The number of hydrogen-bond acceptors (Lipinski definition) is 4. The SMILES string of the molecule is CNc1cc(C(=O)N2CCCOCC2)c(Cl)cn1. The van der Waals surface area contributed by atoms with E-state index in [-0.39, 0.29) is 5.91 Å². The van der Waals surface area contributed by atoms with Gasteiger partial charge in [0.05, 0.1) is 17.2 Å². The smallest absolute Gasteiger partial charge is 0.255 e. The van der Waals surface area contributed by atoms with Crippen LogP contribution >= 0.6 is 11.6 Å². The van der Waals surface area contributed by atoms with Crippen LogP contribution in [0.2, 0.25) is 5.02 Å². The van der Waals surface area contributed by atoms with Gasteiger partial charge in [-0.25, -0.2) is 4.98 Å². The summed E-state index contributed by atoms with van der Waals surface area (Å²) in [4.78, 5) is 18.2. The summed E-state index contributed by atoms with van der Waals surface area (Å²) in [6.07, 6.45) is 2.35. The van der Waals surface area contributed by atoms with Crippen LogP contribution < -0.4 is 5.32 Å². The van der Waals surface area contributed by atoms with E-state index in [1.54, 1.807) is 18.0 Å². The molecule has 1 aromatic heterocycles. The predicted molar refractivity (Wildman–Crippen MR) is 70.1 cm³/mol. The molecule has 1 aromatic rings. The number of nitrogens with one attached hydrogen (secondary N) is 1. The number of halogens is 1. The molecule has 98 valence electrons. The molecule has 0 unspecified atom stereocenters. The third kappa shape index (κ3) is 2.91. The molecule has 0 bridgehead atoms. The first-order valence-electron chi connectivity index (χ1n) is 5.92. The largest absolute Gasteiger partial charge is 0.380 e. The maximum Gasteiger partial charge on any atom is 0.255 e. The summed E-state index contributed by atoms with van der Waals surface area (Å²) in [5.74, 6) is 0.568. The van der Waals surface area contributed by atoms with Crippen LogP contribution in [0.15, 0.2) is 12.3 Å². The number of ether oxygens (including phenoxy) is 1. The van der Waals surface area contributed by atoms with E-state index in [4.69, 9.17) is 16.3 Å². The second-order valence-corrected chi connectivity index (χ2v) is 4.46. The van der Waals surface area contributed by atoms with Crippen molar-refractivity contribution in [2.24, 2.45) is 0 Å². The minimum absolute atomic E-state index is 0.0654. The highest BCUT2D eigenvalue weighted by Crippen LogP contribution is 2.20. The average molecular weight is 270 g/mol. The number of carbonyl (C=O) groups is 1. The molecule has 0 aliphatic carbocycles. The lowest BCUT2D eigenvalue weighted by atomic mass is 10.2. The fourth-order valence-corrected chi connectivity index (χ4v) is 2.04. The van der Waals surface area contributed by atoms with Crippen molar-refractivity contribution in [3.63, 3.8) is 0 Å². The van der Waals surface area contributed by atoms with Gasteiger partial charge in [0.15, 0.2) is 0 Å². The number of aromatic nitrogens is 1. The molecule has 0 saturated carbocycles. The summed E-state index contributed by atoms with van der Waals surface area (Å²) >= 11 is 6.04. The Bertz CT molecular complexity index is 431. The molecular formula is C12H16ClN3O2. The number of rotatable bonds is 2. The van der Waals surface area contributed by atoms with E-state index >= 15 is 0 Å². The minimum atomic E-state index is -0.0654. The second-order valence-electron chi connectivity index (χ2n) is 4.06. The van der Waals surface area contributed by atoms with Gasteiger partial charge >= 0.3 is 0 Å². The zero-order valence-corrected chi connectivity index (χ0v) is 11.0. The Hall–Kier alpha value is -1.33. The molecule has 0 radical (unpaired) electrons. The van der Waals surface area contributed by atoms with Crippen molar-refractivity contribution in [2.45, 2.75) is 6.42 Å². The number of nitrogens with zero attached hydrogens (tertiary/aromatic N) is 2. The van der Waals surface area contributed by atoms with Gasteiger partial charge in [-0.1, -0.05) is 11.6 Å². The van der Waals surface area contributed by atoms with Crippen LogP contribution in [0.5, 0.6) is 0 Å². The first-order chi connectivity index (χ1) is 8.72. The Kier molecular flexibility index (Phi) is 4.38. The molecule has 18 heavy (non-hydrogen) atoms. The molecule has 0 aromatic carbocycles. The molecule has 0 atom stereocenters. The number of amides is 1. The number of hydrogen-bond donors (Lipinski definition) is 1. The highest BCUT2D eigenvalue weighted by Gasteiger charge is 2.20. The number of anilines is 1. The average Bonchev–Trinajstić information content (AvgIpc) is 2.67. The van der Waals surface area contributed by atoms with Crippen molar-refractivity contribution < 1.29 is 9.53 Å². The molecule has 2 rings (SSSR count). The molecule has 1 amide bonds. The van der Waals surface area contributed by atoms with E-state index in [1.807, 2.05) is 0 Å². The van der Waals surface area contributed by atoms with Crippen molar-refractivity contribution in [1.29, 1.82) is 0 Å². The lowest BCUT2D eigenvalue weighted by Crippen LogP contribution is -2.33. The Morgan fingerprint density at radius 1 is 1.50 bits per heavy atom. The summed E-state index contributed by atoms with van der Waals surface area (Å²) in [7, 11) is 1.75. The standard InChI is InChI=1S/C12H16ClN3O2/c1-14-11-7-9(10(13)8-15-11)12(17)16-3-2-5-18-6-4-16/h7-8H,2-6H2,1H3,(H,14,15). The van der Waals surface area contributed by atoms with Gasteiger partial charge in [0, 0.05) is 32.9 Å².